The third kappa shape index (κ3) is 4.31. The molecule has 100 valence electrons. The lowest BCUT2D eigenvalue weighted by atomic mass is 10.2. The van der Waals surface area contributed by atoms with Gasteiger partial charge in [0.25, 0.3) is 0 Å². The first-order chi connectivity index (χ1) is 8.74. The molecule has 1 saturated heterocycles. The lowest BCUT2D eigenvalue weighted by Crippen LogP contribution is -2.26. The Morgan fingerprint density at radius 2 is 1.83 bits per heavy atom. The van der Waals surface area contributed by atoms with Crippen molar-refractivity contribution < 1.29 is 0 Å². The van der Waals surface area contributed by atoms with Crippen molar-refractivity contribution in [2.24, 2.45) is 0 Å². The molecule has 1 aromatic carbocycles. The standard InChI is InChI=1S/C15H25N3/c1-17(9-4-12-18-10-2-3-11-18)13-14-5-7-15(16)8-6-14/h5-8H,2-4,9-13,16H2,1H3. The third-order valence-electron chi connectivity index (χ3n) is 3.65. The fourth-order valence-electron chi connectivity index (χ4n) is 2.58. The molecule has 1 aliphatic heterocycles. The van der Waals surface area contributed by atoms with E-state index in [2.05, 4.69) is 29.0 Å². The summed E-state index contributed by atoms with van der Waals surface area (Å²) >= 11 is 0. The second kappa shape index (κ2) is 6.76. The van der Waals surface area contributed by atoms with Crippen LogP contribution >= 0.6 is 0 Å². The number of likely N-dealkylation sites (tertiary alicyclic amines) is 1. The van der Waals surface area contributed by atoms with Crippen LogP contribution < -0.4 is 5.73 Å². The van der Waals surface area contributed by atoms with E-state index in [1.807, 2.05) is 12.1 Å². The van der Waals surface area contributed by atoms with Crippen molar-refractivity contribution in [1.29, 1.82) is 0 Å². The number of nitrogens with two attached hydrogens (primary N) is 1. The van der Waals surface area contributed by atoms with Crippen LogP contribution in [0.1, 0.15) is 24.8 Å². The zero-order valence-corrected chi connectivity index (χ0v) is 11.4. The fourth-order valence-corrected chi connectivity index (χ4v) is 2.58. The summed E-state index contributed by atoms with van der Waals surface area (Å²) in [6.45, 7) is 6.05. The summed E-state index contributed by atoms with van der Waals surface area (Å²) in [4.78, 5) is 4.97. The van der Waals surface area contributed by atoms with E-state index in [1.165, 1.54) is 51.0 Å². The molecule has 1 fully saturated rings. The van der Waals surface area contributed by atoms with Crippen molar-refractivity contribution in [2.45, 2.75) is 25.8 Å². The predicted octanol–water partition coefficient (Wildman–Crippen LogP) is 2.19. The van der Waals surface area contributed by atoms with Gasteiger partial charge in [-0.3, -0.25) is 0 Å². The van der Waals surface area contributed by atoms with E-state index >= 15 is 0 Å². The third-order valence-corrected chi connectivity index (χ3v) is 3.65. The molecule has 3 heteroatoms. The maximum absolute atomic E-state index is 5.69. The average molecular weight is 247 g/mol. The van der Waals surface area contributed by atoms with Crippen molar-refractivity contribution in [3.05, 3.63) is 29.8 Å². The minimum absolute atomic E-state index is 0.843. The summed E-state index contributed by atoms with van der Waals surface area (Å²) in [5, 5.41) is 0. The molecule has 0 unspecified atom stereocenters. The van der Waals surface area contributed by atoms with Crippen LogP contribution in [-0.4, -0.2) is 43.0 Å². The van der Waals surface area contributed by atoms with Gasteiger partial charge in [-0.05, 0) is 70.2 Å². The summed E-state index contributed by atoms with van der Waals surface area (Å²) in [6.07, 6.45) is 4.05. The summed E-state index contributed by atoms with van der Waals surface area (Å²) < 4.78 is 0. The molecule has 0 saturated carbocycles. The van der Waals surface area contributed by atoms with Gasteiger partial charge in [0.1, 0.15) is 0 Å². The number of hydrogen-bond acceptors (Lipinski definition) is 3. The van der Waals surface area contributed by atoms with Crippen LogP contribution in [0.15, 0.2) is 24.3 Å². The predicted molar refractivity (Wildman–Crippen MR) is 77.5 cm³/mol. The van der Waals surface area contributed by atoms with Crippen LogP contribution in [0.25, 0.3) is 0 Å². The normalized spacial score (nSPS) is 16.6. The van der Waals surface area contributed by atoms with E-state index in [4.69, 9.17) is 5.73 Å². The topological polar surface area (TPSA) is 32.5 Å². The highest BCUT2D eigenvalue weighted by Crippen LogP contribution is 2.09. The molecule has 0 aromatic heterocycles. The van der Waals surface area contributed by atoms with Gasteiger partial charge in [0.05, 0.1) is 0 Å². The van der Waals surface area contributed by atoms with E-state index in [1.54, 1.807) is 0 Å². The maximum atomic E-state index is 5.69. The molecule has 0 spiro atoms. The molecular formula is C15H25N3. The van der Waals surface area contributed by atoms with E-state index in [0.717, 1.165) is 12.2 Å². The lowest BCUT2D eigenvalue weighted by molar-refractivity contribution is 0.275. The van der Waals surface area contributed by atoms with E-state index < -0.39 is 0 Å². The quantitative estimate of drug-likeness (QED) is 0.782. The van der Waals surface area contributed by atoms with Crippen LogP contribution in [0, 0.1) is 0 Å². The van der Waals surface area contributed by atoms with Gasteiger partial charge in [-0.2, -0.15) is 0 Å². The molecule has 1 aliphatic rings. The van der Waals surface area contributed by atoms with Gasteiger partial charge in [0.15, 0.2) is 0 Å². The molecule has 2 N–H and O–H groups in total. The monoisotopic (exact) mass is 247 g/mol. The molecule has 0 radical (unpaired) electrons. The van der Waals surface area contributed by atoms with Crippen molar-refractivity contribution in [1.82, 2.24) is 9.80 Å². The van der Waals surface area contributed by atoms with Crippen molar-refractivity contribution in [3.8, 4) is 0 Å². The fraction of sp³-hybridized carbons (Fsp3) is 0.600. The highest BCUT2D eigenvalue weighted by Gasteiger charge is 2.10. The van der Waals surface area contributed by atoms with E-state index in [9.17, 15) is 0 Å². The summed E-state index contributed by atoms with van der Waals surface area (Å²) in [7, 11) is 2.19. The SMILES string of the molecule is CN(CCCN1CCCC1)Cc1ccc(N)cc1. The van der Waals surface area contributed by atoms with Crippen molar-refractivity contribution in [3.63, 3.8) is 0 Å². The van der Waals surface area contributed by atoms with Gasteiger partial charge in [-0.15, -0.1) is 0 Å². The van der Waals surface area contributed by atoms with Gasteiger partial charge in [-0.1, -0.05) is 12.1 Å². The molecule has 3 nitrogen and oxygen atoms in total. The molecule has 18 heavy (non-hydrogen) atoms. The zero-order valence-electron chi connectivity index (χ0n) is 11.4. The Balaban J connectivity index is 1.65. The van der Waals surface area contributed by atoms with E-state index in [0.29, 0.717) is 0 Å². The Kier molecular flexibility index (Phi) is 5.02. The van der Waals surface area contributed by atoms with Gasteiger partial charge in [0, 0.05) is 12.2 Å². The van der Waals surface area contributed by atoms with Crippen molar-refractivity contribution in [2.75, 3.05) is 39.0 Å². The lowest BCUT2D eigenvalue weighted by Gasteiger charge is -2.19. The zero-order chi connectivity index (χ0) is 12.8. The van der Waals surface area contributed by atoms with E-state index in [-0.39, 0.29) is 0 Å². The second-order valence-corrected chi connectivity index (χ2v) is 5.38. The first kappa shape index (κ1) is 13.4. The summed E-state index contributed by atoms with van der Waals surface area (Å²) in [5.41, 5.74) is 7.87. The van der Waals surface area contributed by atoms with Crippen LogP contribution in [0.3, 0.4) is 0 Å². The Bertz CT molecular complexity index is 341. The van der Waals surface area contributed by atoms with Gasteiger partial charge in [-0.25, -0.2) is 0 Å². The Hall–Kier alpha value is -1.06. The summed E-state index contributed by atoms with van der Waals surface area (Å²) in [5.74, 6) is 0. The number of rotatable bonds is 6. The van der Waals surface area contributed by atoms with Crippen LogP contribution in [0.4, 0.5) is 5.69 Å². The Labute approximate surface area is 111 Å². The minimum atomic E-state index is 0.843. The highest BCUT2D eigenvalue weighted by molar-refractivity contribution is 5.39. The molecule has 0 bridgehead atoms. The number of nitrogens with zero attached hydrogens (tertiary/aromatic N) is 2. The minimum Gasteiger partial charge on any atom is -0.399 e. The Morgan fingerprint density at radius 3 is 2.50 bits per heavy atom. The number of benzene rings is 1. The van der Waals surface area contributed by atoms with Gasteiger partial charge in [0.2, 0.25) is 0 Å². The maximum Gasteiger partial charge on any atom is 0.0314 e. The van der Waals surface area contributed by atoms with Crippen LogP contribution in [0.5, 0.6) is 0 Å². The second-order valence-electron chi connectivity index (χ2n) is 5.38. The van der Waals surface area contributed by atoms with Gasteiger partial charge >= 0.3 is 0 Å². The molecule has 0 atom stereocenters. The molecule has 1 aromatic rings. The number of nitrogen functional groups attached to an aromatic ring is 1. The number of anilines is 1. The molecule has 1 heterocycles. The molecular weight excluding hydrogens is 222 g/mol. The van der Waals surface area contributed by atoms with Crippen LogP contribution in [-0.2, 0) is 6.54 Å². The smallest absolute Gasteiger partial charge is 0.0314 e. The Morgan fingerprint density at radius 1 is 1.17 bits per heavy atom. The molecule has 0 aliphatic carbocycles. The largest absolute Gasteiger partial charge is 0.399 e. The van der Waals surface area contributed by atoms with Gasteiger partial charge < -0.3 is 15.5 Å². The number of hydrogen-bond donors (Lipinski definition) is 1. The van der Waals surface area contributed by atoms with Crippen LogP contribution in [0.2, 0.25) is 0 Å². The molecule has 0 amide bonds. The molecule has 2 rings (SSSR count). The average Bonchev–Trinajstić information content (AvgIpc) is 2.85. The summed E-state index contributed by atoms with van der Waals surface area (Å²) in [6, 6.07) is 8.19. The highest BCUT2D eigenvalue weighted by atomic mass is 15.1. The van der Waals surface area contributed by atoms with Crippen molar-refractivity contribution >= 4 is 5.69 Å². The first-order valence-corrected chi connectivity index (χ1v) is 6.99. The first-order valence-electron chi connectivity index (χ1n) is 6.99.